The average molecular weight is 353 g/mol. The largest absolute Gasteiger partial charge is 0.419 e. The van der Waals surface area contributed by atoms with Crippen LogP contribution in [0.5, 0.6) is 0 Å². The molecule has 1 atom stereocenters. The molecule has 0 saturated carbocycles. The molecule has 0 amide bonds. The molecular weight excluding hydrogens is 340 g/mol. The van der Waals surface area contributed by atoms with Gasteiger partial charge in [-0.2, -0.15) is 0 Å². The normalized spacial score (nSPS) is 12.9. The van der Waals surface area contributed by atoms with Gasteiger partial charge in [-0.15, -0.1) is 11.3 Å². The summed E-state index contributed by atoms with van der Waals surface area (Å²) in [7, 11) is 3.63. The van der Waals surface area contributed by atoms with Crippen molar-refractivity contribution in [2.45, 2.75) is 6.04 Å². The first-order valence-electron chi connectivity index (χ1n) is 6.12. The predicted octanol–water partition coefficient (Wildman–Crippen LogP) is 3.26. The molecule has 6 heteroatoms. The van der Waals surface area contributed by atoms with Gasteiger partial charge in [0, 0.05) is 11.9 Å². The predicted molar refractivity (Wildman–Crippen MR) is 84.4 cm³/mol. The minimum atomic E-state index is -0.336. The highest BCUT2D eigenvalue weighted by atomic mass is 79.9. The van der Waals surface area contributed by atoms with Gasteiger partial charge >= 0.3 is 5.76 Å². The van der Waals surface area contributed by atoms with Gasteiger partial charge in [0.1, 0.15) is 0 Å². The number of nitrogens with one attached hydrogen (secondary N) is 1. The Morgan fingerprint density at radius 1 is 1.35 bits per heavy atom. The average Bonchev–Trinajstić information content (AvgIpc) is 2.96. The van der Waals surface area contributed by atoms with E-state index < -0.39 is 0 Å². The van der Waals surface area contributed by atoms with E-state index in [9.17, 15) is 4.79 Å². The number of rotatable bonds is 3. The number of aryl methyl sites for hydroxylation is 1. The molecule has 0 bridgehead atoms. The molecule has 0 aliphatic heterocycles. The molecule has 20 heavy (non-hydrogen) atoms. The van der Waals surface area contributed by atoms with Gasteiger partial charge in [0.15, 0.2) is 5.58 Å². The van der Waals surface area contributed by atoms with Crippen LogP contribution in [0.25, 0.3) is 11.1 Å². The van der Waals surface area contributed by atoms with Crippen LogP contribution in [0.3, 0.4) is 0 Å². The van der Waals surface area contributed by atoms with Gasteiger partial charge < -0.3 is 9.73 Å². The number of fused-ring (bicyclic) bond motifs is 1. The maximum Gasteiger partial charge on any atom is 0.419 e. The van der Waals surface area contributed by atoms with Gasteiger partial charge in [-0.3, -0.25) is 4.57 Å². The van der Waals surface area contributed by atoms with Crippen LogP contribution < -0.4 is 11.1 Å². The molecule has 1 unspecified atom stereocenters. The van der Waals surface area contributed by atoms with E-state index in [1.54, 1.807) is 18.4 Å². The minimum absolute atomic E-state index is 0.0845. The summed E-state index contributed by atoms with van der Waals surface area (Å²) in [5.74, 6) is -0.336. The summed E-state index contributed by atoms with van der Waals surface area (Å²) >= 11 is 5.17. The number of nitrogens with zero attached hydrogens (tertiary/aromatic N) is 1. The Hall–Kier alpha value is -1.37. The quantitative estimate of drug-likeness (QED) is 0.786. The zero-order valence-electron chi connectivity index (χ0n) is 11.0. The monoisotopic (exact) mass is 352 g/mol. The number of oxazole rings is 1. The van der Waals surface area contributed by atoms with Gasteiger partial charge in [0.2, 0.25) is 0 Å². The molecular formula is C14H13BrN2O2S. The minimum Gasteiger partial charge on any atom is -0.408 e. The molecule has 0 aliphatic rings. The number of halogens is 1. The maximum absolute atomic E-state index is 11.5. The Morgan fingerprint density at radius 3 is 2.80 bits per heavy atom. The zero-order chi connectivity index (χ0) is 14.3. The summed E-state index contributed by atoms with van der Waals surface area (Å²) in [5, 5.41) is 3.30. The highest BCUT2D eigenvalue weighted by Gasteiger charge is 2.16. The molecule has 3 aromatic rings. The first-order valence-corrected chi connectivity index (χ1v) is 7.73. The molecule has 0 fully saturated rings. The fourth-order valence-electron chi connectivity index (χ4n) is 2.29. The number of thiophene rings is 1. The molecule has 2 heterocycles. The van der Waals surface area contributed by atoms with E-state index in [0.29, 0.717) is 5.58 Å². The molecule has 2 aromatic heterocycles. The third kappa shape index (κ3) is 2.24. The van der Waals surface area contributed by atoms with Crippen molar-refractivity contribution in [3.8, 4) is 0 Å². The highest BCUT2D eigenvalue weighted by molar-refractivity contribution is 9.11. The van der Waals surface area contributed by atoms with Crippen molar-refractivity contribution in [2.24, 2.45) is 7.05 Å². The first-order chi connectivity index (χ1) is 9.60. The summed E-state index contributed by atoms with van der Waals surface area (Å²) in [5.41, 5.74) is 2.50. The van der Waals surface area contributed by atoms with Crippen molar-refractivity contribution >= 4 is 38.4 Å². The van der Waals surface area contributed by atoms with Crippen LogP contribution in [0, 0.1) is 0 Å². The van der Waals surface area contributed by atoms with Crippen molar-refractivity contribution in [3.63, 3.8) is 0 Å². The van der Waals surface area contributed by atoms with E-state index in [1.807, 2.05) is 31.3 Å². The van der Waals surface area contributed by atoms with E-state index in [2.05, 4.69) is 27.3 Å². The fraction of sp³-hybridized carbons (Fsp3) is 0.214. The van der Waals surface area contributed by atoms with Crippen molar-refractivity contribution < 1.29 is 4.42 Å². The lowest BCUT2D eigenvalue weighted by atomic mass is 10.1. The second-order valence-electron chi connectivity index (χ2n) is 4.52. The second kappa shape index (κ2) is 5.20. The van der Waals surface area contributed by atoms with Gasteiger partial charge in [-0.25, -0.2) is 4.79 Å². The zero-order valence-corrected chi connectivity index (χ0v) is 13.4. The number of benzene rings is 1. The Balaban J connectivity index is 2.10. The van der Waals surface area contributed by atoms with E-state index in [4.69, 9.17) is 4.42 Å². The van der Waals surface area contributed by atoms with Crippen LogP contribution >= 0.6 is 27.3 Å². The van der Waals surface area contributed by atoms with Gasteiger partial charge in [0.25, 0.3) is 0 Å². The number of hydrogen-bond donors (Lipinski definition) is 1. The van der Waals surface area contributed by atoms with Crippen LogP contribution in [0.2, 0.25) is 0 Å². The van der Waals surface area contributed by atoms with Crippen molar-refractivity contribution in [2.75, 3.05) is 7.05 Å². The van der Waals surface area contributed by atoms with Crippen molar-refractivity contribution in [1.82, 2.24) is 9.88 Å². The molecule has 104 valence electrons. The summed E-state index contributed by atoms with van der Waals surface area (Å²) in [6.07, 6.45) is 0. The summed E-state index contributed by atoms with van der Waals surface area (Å²) in [6.45, 7) is 0. The SMILES string of the molecule is CNC(c1ccc2c(c1)oc(=O)n2C)c1ccc(Br)s1. The van der Waals surface area contributed by atoms with E-state index in [-0.39, 0.29) is 11.8 Å². The Morgan fingerprint density at radius 2 is 2.15 bits per heavy atom. The Kier molecular flexibility index (Phi) is 3.54. The topological polar surface area (TPSA) is 47.2 Å². The van der Waals surface area contributed by atoms with Crippen LogP contribution in [-0.4, -0.2) is 11.6 Å². The van der Waals surface area contributed by atoms with E-state index in [0.717, 1.165) is 14.9 Å². The Labute approximate surface area is 128 Å². The van der Waals surface area contributed by atoms with Crippen LogP contribution in [0.4, 0.5) is 0 Å². The highest BCUT2D eigenvalue weighted by Crippen LogP contribution is 2.32. The summed E-state index contributed by atoms with van der Waals surface area (Å²) in [4.78, 5) is 12.7. The Bertz CT molecular complexity index is 818. The third-order valence-corrected chi connectivity index (χ3v) is 5.01. The molecule has 1 aromatic carbocycles. The van der Waals surface area contributed by atoms with Crippen molar-refractivity contribution in [1.29, 1.82) is 0 Å². The summed E-state index contributed by atoms with van der Waals surface area (Å²) in [6, 6.07) is 10.1. The molecule has 0 aliphatic carbocycles. The number of aromatic nitrogens is 1. The van der Waals surface area contributed by atoms with Gasteiger partial charge in [0.05, 0.1) is 15.3 Å². The molecule has 0 radical (unpaired) electrons. The fourth-order valence-corrected chi connectivity index (χ4v) is 3.85. The molecule has 0 saturated heterocycles. The molecule has 0 spiro atoms. The lowest BCUT2D eigenvalue weighted by molar-refractivity contribution is 0.527. The van der Waals surface area contributed by atoms with E-state index in [1.165, 1.54) is 9.44 Å². The lowest BCUT2D eigenvalue weighted by Gasteiger charge is -2.14. The van der Waals surface area contributed by atoms with Gasteiger partial charge in [-0.05, 0) is 52.8 Å². The third-order valence-electron chi connectivity index (χ3n) is 3.32. The van der Waals surface area contributed by atoms with Crippen LogP contribution in [-0.2, 0) is 7.05 Å². The molecule has 3 rings (SSSR count). The van der Waals surface area contributed by atoms with E-state index >= 15 is 0 Å². The molecule has 4 nitrogen and oxygen atoms in total. The standard InChI is InChI=1S/C14H13BrN2O2S/c1-16-13(11-5-6-12(15)20-11)8-3-4-9-10(7-8)19-14(18)17(9)2/h3-7,13,16H,1-2H3. The van der Waals surface area contributed by atoms with Crippen molar-refractivity contribution in [3.05, 3.63) is 55.1 Å². The van der Waals surface area contributed by atoms with Crippen LogP contribution in [0.1, 0.15) is 16.5 Å². The van der Waals surface area contributed by atoms with Gasteiger partial charge in [-0.1, -0.05) is 6.07 Å². The lowest BCUT2D eigenvalue weighted by Crippen LogP contribution is -2.16. The second-order valence-corrected chi connectivity index (χ2v) is 7.01. The van der Waals surface area contributed by atoms with Crippen LogP contribution in [0.15, 0.2) is 43.3 Å². The summed E-state index contributed by atoms with van der Waals surface area (Å²) < 4.78 is 7.86. The number of hydrogen-bond acceptors (Lipinski definition) is 4. The molecule has 1 N–H and O–H groups in total. The first kappa shape index (κ1) is 13.6. The smallest absolute Gasteiger partial charge is 0.408 e. The maximum atomic E-state index is 11.5.